The molecule has 1 aromatic carbocycles. The third-order valence-electron chi connectivity index (χ3n) is 1.24. The van der Waals surface area contributed by atoms with Gasteiger partial charge in [0.25, 0.3) is 0 Å². The van der Waals surface area contributed by atoms with E-state index in [1.807, 2.05) is 0 Å². The number of ether oxygens (including phenoxy) is 1. The van der Waals surface area contributed by atoms with Crippen LogP contribution in [0.25, 0.3) is 0 Å². The highest BCUT2D eigenvalue weighted by molar-refractivity contribution is 6.28. The minimum absolute atomic E-state index is 0.0764. The van der Waals surface area contributed by atoms with Gasteiger partial charge in [-0.3, -0.25) is 0 Å². The molecular formula is C9H10O6. The van der Waals surface area contributed by atoms with Crippen molar-refractivity contribution in [2.45, 2.75) is 0 Å². The molecular weight excluding hydrogens is 204 g/mol. The monoisotopic (exact) mass is 214 g/mol. The number of carboxylic acids is 1. The zero-order chi connectivity index (χ0) is 11.8. The number of esters is 1. The third-order valence-corrected chi connectivity index (χ3v) is 1.24. The van der Waals surface area contributed by atoms with E-state index < -0.39 is 11.9 Å². The minimum atomic E-state index is -1.57. The lowest BCUT2D eigenvalue weighted by atomic mass is 10.3. The molecule has 0 unspecified atom stereocenters. The second-order valence-corrected chi connectivity index (χ2v) is 2.29. The smallest absolute Gasteiger partial charge is 0.417 e. The van der Waals surface area contributed by atoms with Crippen LogP contribution in [0.4, 0.5) is 0 Å². The van der Waals surface area contributed by atoms with Gasteiger partial charge in [-0.25, -0.2) is 9.59 Å². The van der Waals surface area contributed by atoms with Crippen LogP contribution in [-0.2, 0) is 14.3 Å². The van der Waals surface area contributed by atoms with Gasteiger partial charge in [0.15, 0.2) is 11.5 Å². The number of aliphatic carboxylic acids is 1. The van der Waals surface area contributed by atoms with E-state index in [-0.39, 0.29) is 11.5 Å². The number of para-hydroxylation sites is 2. The van der Waals surface area contributed by atoms with E-state index in [2.05, 4.69) is 4.74 Å². The first-order valence-electron chi connectivity index (χ1n) is 3.77. The molecule has 0 aromatic heterocycles. The Morgan fingerprint density at radius 1 is 1.13 bits per heavy atom. The maximum absolute atomic E-state index is 9.69. The van der Waals surface area contributed by atoms with Crippen LogP contribution in [0.5, 0.6) is 11.5 Å². The second kappa shape index (κ2) is 6.25. The van der Waals surface area contributed by atoms with Crippen LogP contribution in [0, 0.1) is 0 Å². The van der Waals surface area contributed by atoms with E-state index in [0.29, 0.717) is 0 Å². The Balaban J connectivity index is 0.000000265. The number of phenols is 2. The quantitative estimate of drug-likeness (QED) is 0.327. The molecule has 3 N–H and O–H groups in total. The molecule has 6 nitrogen and oxygen atoms in total. The van der Waals surface area contributed by atoms with Gasteiger partial charge >= 0.3 is 11.9 Å². The first-order valence-corrected chi connectivity index (χ1v) is 3.77. The van der Waals surface area contributed by atoms with Gasteiger partial charge in [-0.1, -0.05) is 12.1 Å². The molecule has 82 valence electrons. The predicted molar refractivity (Wildman–Crippen MR) is 49.4 cm³/mol. The van der Waals surface area contributed by atoms with E-state index in [0.717, 1.165) is 7.11 Å². The van der Waals surface area contributed by atoms with Gasteiger partial charge in [0.2, 0.25) is 0 Å². The molecule has 1 aromatic rings. The van der Waals surface area contributed by atoms with Crippen LogP contribution in [0.15, 0.2) is 24.3 Å². The first kappa shape index (κ1) is 12.8. The molecule has 0 aliphatic heterocycles. The third kappa shape index (κ3) is 5.14. The van der Waals surface area contributed by atoms with Crippen molar-refractivity contribution < 1.29 is 29.6 Å². The van der Waals surface area contributed by atoms with Gasteiger partial charge in [0.1, 0.15) is 0 Å². The molecule has 1 rings (SSSR count). The summed E-state index contributed by atoms with van der Waals surface area (Å²) in [5, 5.41) is 25.0. The molecule has 0 fully saturated rings. The summed E-state index contributed by atoms with van der Waals surface area (Å²) in [6, 6.07) is 6.15. The molecule has 6 heteroatoms. The highest BCUT2D eigenvalue weighted by atomic mass is 16.5. The van der Waals surface area contributed by atoms with Gasteiger partial charge < -0.3 is 20.1 Å². The number of methoxy groups -OCH3 is 1. The van der Waals surface area contributed by atoms with E-state index in [4.69, 9.17) is 15.3 Å². The van der Waals surface area contributed by atoms with Crippen LogP contribution < -0.4 is 0 Å². The summed E-state index contributed by atoms with van der Waals surface area (Å²) in [7, 11) is 1.01. The SMILES string of the molecule is COC(=O)C(=O)O.Oc1ccccc1O. The number of rotatable bonds is 0. The molecule has 0 spiro atoms. The van der Waals surface area contributed by atoms with Crippen LogP contribution >= 0.6 is 0 Å². The average molecular weight is 214 g/mol. The van der Waals surface area contributed by atoms with Crippen molar-refractivity contribution in [3.05, 3.63) is 24.3 Å². The maximum atomic E-state index is 9.69. The Labute approximate surface area is 85.4 Å². The van der Waals surface area contributed by atoms with Crippen molar-refractivity contribution in [3.63, 3.8) is 0 Å². The Hall–Kier alpha value is -2.24. The number of hydrogen-bond acceptors (Lipinski definition) is 5. The maximum Gasteiger partial charge on any atom is 0.417 e. The summed E-state index contributed by atoms with van der Waals surface area (Å²) in [5.41, 5.74) is 0. The van der Waals surface area contributed by atoms with E-state index in [1.54, 1.807) is 12.1 Å². The number of benzene rings is 1. The summed E-state index contributed by atoms with van der Waals surface area (Å²) in [6.07, 6.45) is 0. The summed E-state index contributed by atoms with van der Waals surface area (Å²) >= 11 is 0. The number of carbonyl (C=O) groups is 2. The van der Waals surface area contributed by atoms with Crippen LogP contribution in [0.2, 0.25) is 0 Å². The second-order valence-electron chi connectivity index (χ2n) is 2.29. The Morgan fingerprint density at radius 3 is 1.67 bits per heavy atom. The fraction of sp³-hybridized carbons (Fsp3) is 0.111. The first-order chi connectivity index (χ1) is 6.99. The van der Waals surface area contributed by atoms with Gasteiger partial charge in [0.05, 0.1) is 7.11 Å². The number of phenolic OH excluding ortho intramolecular Hbond substituents is 2. The lowest BCUT2D eigenvalue weighted by Gasteiger charge is -1.91. The fourth-order valence-electron chi connectivity index (χ4n) is 0.551. The van der Waals surface area contributed by atoms with Crippen molar-refractivity contribution in [3.8, 4) is 11.5 Å². The summed E-state index contributed by atoms with van der Waals surface area (Å²) < 4.78 is 3.77. The molecule has 0 amide bonds. The number of aromatic hydroxyl groups is 2. The van der Waals surface area contributed by atoms with Crippen LogP contribution in [-0.4, -0.2) is 34.4 Å². The molecule has 0 bridgehead atoms. The van der Waals surface area contributed by atoms with E-state index in [9.17, 15) is 9.59 Å². The molecule has 0 saturated carbocycles. The number of carboxylic acid groups (broad SMARTS) is 1. The highest BCUT2D eigenvalue weighted by Crippen LogP contribution is 2.21. The van der Waals surface area contributed by atoms with E-state index >= 15 is 0 Å². The molecule has 15 heavy (non-hydrogen) atoms. The largest absolute Gasteiger partial charge is 0.504 e. The molecule has 0 aliphatic carbocycles. The zero-order valence-corrected chi connectivity index (χ0v) is 7.88. The topological polar surface area (TPSA) is 104 Å². The number of carbonyl (C=O) groups excluding carboxylic acids is 1. The van der Waals surface area contributed by atoms with Crippen molar-refractivity contribution in [2.75, 3.05) is 7.11 Å². The zero-order valence-electron chi connectivity index (χ0n) is 7.88. The highest BCUT2D eigenvalue weighted by Gasteiger charge is 2.08. The van der Waals surface area contributed by atoms with Gasteiger partial charge in [-0.15, -0.1) is 0 Å². The molecule has 0 atom stereocenters. The van der Waals surface area contributed by atoms with Crippen LogP contribution in [0.3, 0.4) is 0 Å². The standard InChI is InChI=1S/C6H6O2.C3H4O4/c7-5-3-1-2-4-6(5)8;1-7-3(6)2(4)5/h1-4,7-8H;1H3,(H,4,5). The van der Waals surface area contributed by atoms with E-state index in [1.165, 1.54) is 12.1 Å². The van der Waals surface area contributed by atoms with Gasteiger partial charge in [-0.2, -0.15) is 0 Å². The van der Waals surface area contributed by atoms with Crippen LogP contribution in [0.1, 0.15) is 0 Å². The van der Waals surface area contributed by atoms with Crippen molar-refractivity contribution in [1.82, 2.24) is 0 Å². The Morgan fingerprint density at radius 2 is 1.53 bits per heavy atom. The summed E-state index contributed by atoms with van der Waals surface area (Å²) in [4.78, 5) is 19.1. The van der Waals surface area contributed by atoms with Gasteiger partial charge in [0, 0.05) is 0 Å². The molecule has 0 radical (unpaired) electrons. The Bertz CT molecular complexity index is 325. The Kier molecular flexibility index (Phi) is 5.32. The minimum Gasteiger partial charge on any atom is -0.504 e. The summed E-state index contributed by atoms with van der Waals surface area (Å²) in [6.45, 7) is 0. The molecule has 0 heterocycles. The molecule has 0 saturated heterocycles. The lowest BCUT2D eigenvalue weighted by molar-refractivity contribution is -0.161. The van der Waals surface area contributed by atoms with Gasteiger partial charge in [-0.05, 0) is 12.1 Å². The van der Waals surface area contributed by atoms with Crippen molar-refractivity contribution in [1.29, 1.82) is 0 Å². The normalized spacial score (nSPS) is 8.33. The fourth-order valence-corrected chi connectivity index (χ4v) is 0.551. The summed E-state index contributed by atoms with van der Waals surface area (Å²) in [5.74, 6) is -2.96. The molecule has 0 aliphatic rings. The van der Waals surface area contributed by atoms with Crippen molar-refractivity contribution in [2.24, 2.45) is 0 Å². The van der Waals surface area contributed by atoms with Crippen molar-refractivity contribution >= 4 is 11.9 Å². The average Bonchev–Trinajstić information content (AvgIpc) is 2.22. The number of hydrogen-bond donors (Lipinski definition) is 3. The predicted octanol–water partition coefficient (Wildman–Crippen LogP) is 0.342. The lowest BCUT2D eigenvalue weighted by Crippen LogP contribution is -2.13.